The van der Waals surface area contributed by atoms with Crippen LogP contribution in [0.25, 0.3) is 16.5 Å². The van der Waals surface area contributed by atoms with Gasteiger partial charge in [0.1, 0.15) is 0 Å². The van der Waals surface area contributed by atoms with Crippen molar-refractivity contribution in [3.8, 4) is 0 Å². The van der Waals surface area contributed by atoms with Crippen LogP contribution in [-0.2, 0) is 23.1 Å². The van der Waals surface area contributed by atoms with Gasteiger partial charge in [-0.25, -0.2) is 0 Å². The van der Waals surface area contributed by atoms with Crippen LogP contribution in [0.4, 0.5) is 11.4 Å². The second-order valence-corrected chi connectivity index (χ2v) is 7.45. The highest BCUT2D eigenvalue weighted by atomic mass is 16.6. The number of carbonyl (C=O) groups excluding carboxylic acids is 2. The molecule has 1 N–H and O–H groups in total. The van der Waals surface area contributed by atoms with Crippen molar-refractivity contribution >= 4 is 39.7 Å². The molecule has 2 heterocycles. The number of benzene rings is 2. The second-order valence-electron chi connectivity index (χ2n) is 7.45. The number of amides is 2. The summed E-state index contributed by atoms with van der Waals surface area (Å²) in [5.74, 6) is -0.870. The second kappa shape index (κ2) is 7.14. The summed E-state index contributed by atoms with van der Waals surface area (Å²) in [4.78, 5) is 37.8. The summed E-state index contributed by atoms with van der Waals surface area (Å²) in [7, 11) is 5.45. The minimum Gasteiger partial charge on any atom is -0.377 e. The lowest BCUT2D eigenvalue weighted by molar-refractivity contribution is -0.384. The van der Waals surface area contributed by atoms with Crippen LogP contribution in [0.15, 0.2) is 54.2 Å². The van der Waals surface area contributed by atoms with Crippen LogP contribution in [-0.4, -0.2) is 35.4 Å². The summed E-state index contributed by atoms with van der Waals surface area (Å²) < 4.78 is 1.92. The maximum atomic E-state index is 12.7. The quantitative estimate of drug-likeness (QED) is 0.401. The molecule has 4 rings (SSSR count). The van der Waals surface area contributed by atoms with E-state index < -0.39 is 16.7 Å². The summed E-state index contributed by atoms with van der Waals surface area (Å²) in [5.41, 5.74) is 3.67. The van der Waals surface area contributed by atoms with E-state index in [0.717, 1.165) is 16.5 Å². The first kappa shape index (κ1) is 19.4. The molecular formula is C22H20N4O4. The topological polar surface area (TPSA) is 97.5 Å². The fourth-order valence-corrected chi connectivity index (χ4v) is 3.91. The first-order chi connectivity index (χ1) is 14.3. The van der Waals surface area contributed by atoms with Gasteiger partial charge in [0.15, 0.2) is 0 Å². The van der Waals surface area contributed by atoms with E-state index in [9.17, 15) is 19.7 Å². The number of aromatic nitrogens is 1. The molecule has 2 amide bonds. The van der Waals surface area contributed by atoms with Crippen LogP contribution in [0, 0.1) is 10.1 Å². The predicted molar refractivity (Wildman–Crippen MR) is 114 cm³/mol. The number of carbonyl (C=O) groups is 2. The third-order valence-corrected chi connectivity index (χ3v) is 5.33. The van der Waals surface area contributed by atoms with Gasteiger partial charge in [-0.3, -0.25) is 25.0 Å². The van der Waals surface area contributed by atoms with E-state index >= 15 is 0 Å². The average molecular weight is 404 g/mol. The molecular weight excluding hydrogens is 384 g/mol. The number of imide groups is 1. The van der Waals surface area contributed by atoms with E-state index in [4.69, 9.17) is 0 Å². The van der Waals surface area contributed by atoms with Crippen molar-refractivity contribution in [2.45, 2.75) is 6.42 Å². The Balaban J connectivity index is 1.88. The van der Waals surface area contributed by atoms with Crippen molar-refractivity contribution in [2.24, 2.45) is 7.05 Å². The number of para-hydroxylation sites is 1. The predicted octanol–water partition coefficient (Wildman–Crippen LogP) is 2.81. The summed E-state index contributed by atoms with van der Waals surface area (Å²) in [6.07, 6.45) is 2.03. The molecule has 0 spiro atoms. The molecule has 8 nitrogen and oxygen atoms in total. The zero-order valence-corrected chi connectivity index (χ0v) is 16.8. The summed E-state index contributed by atoms with van der Waals surface area (Å²) in [6, 6.07) is 12.2. The Morgan fingerprint density at radius 1 is 1.10 bits per heavy atom. The van der Waals surface area contributed by atoms with Gasteiger partial charge in [-0.05, 0) is 17.7 Å². The van der Waals surface area contributed by atoms with Gasteiger partial charge in [-0.2, -0.15) is 0 Å². The van der Waals surface area contributed by atoms with Crippen molar-refractivity contribution in [1.82, 2.24) is 9.88 Å². The first-order valence-corrected chi connectivity index (χ1v) is 9.36. The van der Waals surface area contributed by atoms with Crippen LogP contribution >= 0.6 is 0 Å². The molecule has 2 aromatic carbocycles. The van der Waals surface area contributed by atoms with Crippen LogP contribution in [0.3, 0.4) is 0 Å². The molecule has 1 aliphatic heterocycles. The van der Waals surface area contributed by atoms with Gasteiger partial charge in [-0.1, -0.05) is 18.2 Å². The zero-order valence-electron chi connectivity index (χ0n) is 16.8. The van der Waals surface area contributed by atoms with E-state index in [1.54, 1.807) is 25.1 Å². The normalized spacial score (nSPS) is 13.8. The molecule has 0 radical (unpaired) electrons. The Morgan fingerprint density at radius 2 is 1.83 bits per heavy atom. The molecule has 0 fully saturated rings. The number of nitrogens with one attached hydrogen (secondary N) is 1. The molecule has 0 saturated heterocycles. The smallest absolute Gasteiger partial charge is 0.271 e. The van der Waals surface area contributed by atoms with Gasteiger partial charge in [0.25, 0.3) is 17.5 Å². The Kier molecular flexibility index (Phi) is 4.62. The fraction of sp³-hybridized carbons (Fsp3) is 0.182. The Labute approximate surface area is 172 Å². The van der Waals surface area contributed by atoms with Crippen molar-refractivity contribution < 1.29 is 14.5 Å². The Morgan fingerprint density at radius 3 is 2.53 bits per heavy atom. The number of aryl methyl sites for hydroxylation is 1. The molecule has 152 valence electrons. The zero-order chi connectivity index (χ0) is 21.6. The minimum absolute atomic E-state index is 0.0299. The van der Waals surface area contributed by atoms with Gasteiger partial charge in [0.05, 0.1) is 10.5 Å². The summed E-state index contributed by atoms with van der Waals surface area (Å²) in [6.45, 7) is 0. The SMILES string of the molecule is CN(C)c1cc([N+](=O)[O-])ccc1CC1=C(c2cn(C)c3ccccc23)C(=O)NC1=O. The molecule has 0 aliphatic carbocycles. The van der Waals surface area contributed by atoms with Crippen LogP contribution in [0.5, 0.6) is 0 Å². The van der Waals surface area contributed by atoms with E-state index in [1.165, 1.54) is 12.1 Å². The Hall–Kier alpha value is -3.94. The molecule has 0 bridgehead atoms. The van der Waals surface area contributed by atoms with Gasteiger partial charge in [0, 0.05) is 73.6 Å². The molecule has 0 unspecified atom stereocenters. The lowest BCUT2D eigenvalue weighted by Crippen LogP contribution is -2.23. The van der Waals surface area contributed by atoms with Crippen molar-refractivity contribution in [2.75, 3.05) is 19.0 Å². The number of anilines is 1. The van der Waals surface area contributed by atoms with Crippen LogP contribution < -0.4 is 10.2 Å². The van der Waals surface area contributed by atoms with Crippen LogP contribution in [0.2, 0.25) is 0 Å². The number of hydrogen-bond donors (Lipinski definition) is 1. The maximum absolute atomic E-state index is 12.7. The molecule has 1 aliphatic rings. The largest absolute Gasteiger partial charge is 0.377 e. The Bertz CT molecular complexity index is 1250. The third kappa shape index (κ3) is 3.12. The molecule has 3 aromatic rings. The number of non-ortho nitro benzene ring substituents is 1. The highest BCUT2D eigenvalue weighted by Crippen LogP contribution is 2.35. The van der Waals surface area contributed by atoms with E-state index in [1.807, 2.05) is 42.1 Å². The number of hydrogen-bond acceptors (Lipinski definition) is 5. The summed E-state index contributed by atoms with van der Waals surface area (Å²) in [5, 5.41) is 14.4. The standard InChI is InChI=1S/C22H20N4O4/c1-24(2)19-11-14(26(29)30)9-8-13(19)10-16-20(22(28)23-21(16)27)17-12-25(3)18-7-5-4-6-15(17)18/h4-9,11-12H,10H2,1-3H3,(H,23,27,28). The molecule has 0 atom stereocenters. The van der Waals surface area contributed by atoms with Crippen LogP contribution in [0.1, 0.15) is 11.1 Å². The number of nitro benzene ring substituents is 1. The van der Waals surface area contributed by atoms with Crippen molar-refractivity contribution in [3.63, 3.8) is 0 Å². The first-order valence-electron chi connectivity index (χ1n) is 9.36. The lowest BCUT2D eigenvalue weighted by Gasteiger charge is -2.17. The number of nitro groups is 1. The van der Waals surface area contributed by atoms with Gasteiger partial charge < -0.3 is 9.47 Å². The van der Waals surface area contributed by atoms with Gasteiger partial charge in [0.2, 0.25) is 0 Å². The maximum Gasteiger partial charge on any atom is 0.271 e. The monoisotopic (exact) mass is 404 g/mol. The minimum atomic E-state index is -0.455. The van der Waals surface area contributed by atoms with Crippen molar-refractivity contribution in [3.05, 3.63) is 75.5 Å². The van der Waals surface area contributed by atoms with E-state index in [0.29, 0.717) is 22.4 Å². The number of fused-ring (bicyclic) bond motifs is 1. The molecule has 8 heteroatoms. The molecule has 0 saturated carbocycles. The highest BCUT2D eigenvalue weighted by Gasteiger charge is 2.33. The van der Waals surface area contributed by atoms with E-state index in [-0.39, 0.29) is 12.1 Å². The number of rotatable bonds is 5. The summed E-state index contributed by atoms with van der Waals surface area (Å²) >= 11 is 0. The van der Waals surface area contributed by atoms with Gasteiger partial charge in [-0.15, -0.1) is 0 Å². The fourth-order valence-electron chi connectivity index (χ4n) is 3.91. The number of nitrogens with zero attached hydrogens (tertiary/aromatic N) is 3. The molecule has 1 aromatic heterocycles. The highest BCUT2D eigenvalue weighted by molar-refractivity contribution is 6.37. The third-order valence-electron chi connectivity index (χ3n) is 5.33. The van der Waals surface area contributed by atoms with E-state index in [2.05, 4.69) is 5.32 Å². The molecule has 30 heavy (non-hydrogen) atoms. The lowest BCUT2D eigenvalue weighted by atomic mass is 9.95. The van der Waals surface area contributed by atoms with Crippen molar-refractivity contribution in [1.29, 1.82) is 0 Å². The van der Waals surface area contributed by atoms with Gasteiger partial charge >= 0.3 is 0 Å². The average Bonchev–Trinajstić information content (AvgIpc) is 3.17.